The molecule has 2 heteroatoms. The summed E-state index contributed by atoms with van der Waals surface area (Å²) >= 11 is 0. The number of anilines is 1. The Hall–Kier alpha value is -2.74. The largest absolute Gasteiger partial charge is 0.457 e. The minimum absolute atomic E-state index is 0.819. The first-order valence-corrected chi connectivity index (χ1v) is 7.42. The average Bonchev–Trinajstić information content (AvgIpc) is 2.57. The third-order valence-corrected chi connectivity index (χ3v) is 3.45. The minimum Gasteiger partial charge on any atom is -0.457 e. The molecular weight excluding hydrogens is 270 g/mol. The monoisotopic (exact) mass is 289 g/mol. The number of hydrogen-bond acceptors (Lipinski definition) is 2. The summed E-state index contributed by atoms with van der Waals surface area (Å²) in [4.78, 5) is 0. The number of hydrogen-bond donors (Lipinski definition) is 1. The molecule has 3 rings (SSSR count). The average molecular weight is 289 g/mol. The molecule has 2 nitrogen and oxygen atoms in total. The Morgan fingerprint density at radius 1 is 0.727 bits per heavy atom. The van der Waals surface area contributed by atoms with E-state index in [1.807, 2.05) is 54.6 Å². The molecule has 3 aromatic carbocycles. The standard InChI is InChI=1S/C20H19NO/c1-16-7-9-17(10-8-16)15-21-18-11-13-20(14-12-18)22-19-5-3-2-4-6-19/h2-14,21H,15H2,1H3. The van der Waals surface area contributed by atoms with E-state index >= 15 is 0 Å². The molecule has 1 N–H and O–H groups in total. The van der Waals surface area contributed by atoms with E-state index in [1.54, 1.807) is 0 Å². The van der Waals surface area contributed by atoms with Crippen molar-refractivity contribution in [3.05, 3.63) is 90.0 Å². The van der Waals surface area contributed by atoms with Crippen LogP contribution in [0, 0.1) is 6.92 Å². The second kappa shape index (κ2) is 6.81. The van der Waals surface area contributed by atoms with Crippen molar-refractivity contribution in [1.29, 1.82) is 0 Å². The molecule has 0 aromatic heterocycles. The fourth-order valence-corrected chi connectivity index (χ4v) is 2.18. The zero-order chi connectivity index (χ0) is 15.2. The maximum atomic E-state index is 5.78. The van der Waals surface area contributed by atoms with E-state index in [0.717, 1.165) is 23.7 Å². The summed E-state index contributed by atoms with van der Waals surface area (Å²) in [6.45, 7) is 2.92. The van der Waals surface area contributed by atoms with Gasteiger partial charge < -0.3 is 10.1 Å². The first kappa shape index (κ1) is 14.2. The van der Waals surface area contributed by atoms with Crippen molar-refractivity contribution in [2.75, 3.05) is 5.32 Å². The van der Waals surface area contributed by atoms with Gasteiger partial charge in [-0.2, -0.15) is 0 Å². The first-order chi connectivity index (χ1) is 10.8. The van der Waals surface area contributed by atoms with Crippen molar-refractivity contribution in [1.82, 2.24) is 0 Å². The molecule has 0 heterocycles. The van der Waals surface area contributed by atoms with Gasteiger partial charge in [0.2, 0.25) is 0 Å². The fourth-order valence-electron chi connectivity index (χ4n) is 2.18. The second-order valence-electron chi connectivity index (χ2n) is 5.28. The quantitative estimate of drug-likeness (QED) is 0.679. The van der Waals surface area contributed by atoms with Gasteiger partial charge in [0.1, 0.15) is 11.5 Å². The van der Waals surface area contributed by atoms with Crippen molar-refractivity contribution >= 4 is 5.69 Å². The van der Waals surface area contributed by atoms with E-state index in [9.17, 15) is 0 Å². The van der Waals surface area contributed by atoms with Crippen molar-refractivity contribution < 1.29 is 4.74 Å². The number of ether oxygens (including phenoxy) is 1. The molecule has 22 heavy (non-hydrogen) atoms. The summed E-state index contributed by atoms with van der Waals surface area (Å²) in [5.41, 5.74) is 3.64. The van der Waals surface area contributed by atoms with Gasteiger partial charge in [-0.15, -0.1) is 0 Å². The maximum absolute atomic E-state index is 5.78. The molecule has 0 aliphatic carbocycles. The molecule has 0 spiro atoms. The van der Waals surface area contributed by atoms with Crippen molar-refractivity contribution in [3.8, 4) is 11.5 Å². The molecule has 0 atom stereocenters. The van der Waals surface area contributed by atoms with Gasteiger partial charge in [-0.05, 0) is 48.9 Å². The van der Waals surface area contributed by atoms with Crippen molar-refractivity contribution in [3.63, 3.8) is 0 Å². The van der Waals surface area contributed by atoms with Crippen LogP contribution in [0.1, 0.15) is 11.1 Å². The third-order valence-electron chi connectivity index (χ3n) is 3.45. The number of rotatable bonds is 5. The van der Waals surface area contributed by atoms with Gasteiger partial charge in [0, 0.05) is 12.2 Å². The Morgan fingerprint density at radius 3 is 2.05 bits per heavy atom. The van der Waals surface area contributed by atoms with Crippen LogP contribution in [0.2, 0.25) is 0 Å². The molecule has 0 fully saturated rings. The van der Waals surface area contributed by atoms with Gasteiger partial charge in [0.15, 0.2) is 0 Å². The van der Waals surface area contributed by atoms with Gasteiger partial charge in [0.05, 0.1) is 0 Å². The van der Waals surface area contributed by atoms with E-state index in [2.05, 4.69) is 36.5 Å². The molecule has 0 aliphatic heterocycles. The summed E-state index contributed by atoms with van der Waals surface area (Å²) in [5.74, 6) is 1.69. The van der Waals surface area contributed by atoms with Crippen molar-refractivity contribution in [2.45, 2.75) is 13.5 Å². The minimum atomic E-state index is 0.819. The predicted octanol–water partition coefficient (Wildman–Crippen LogP) is 5.40. The van der Waals surface area contributed by atoms with Crippen LogP contribution in [0.4, 0.5) is 5.69 Å². The lowest BCUT2D eigenvalue weighted by molar-refractivity contribution is 0.483. The lowest BCUT2D eigenvalue weighted by Crippen LogP contribution is -1.99. The summed E-state index contributed by atoms with van der Waals surface area (Å²) in [7, 11) is 0. The Labute approximate surface area is 131 Å². The Morgan fingerprint density at radius 2 is 1.36 bits per heavy atom. The van der Waals surface area contributed by atoms with E-state index in [0.29, 0.717) is 0 Å². The van der Waals surface area contributed by atoms with Crippen LogP contribution in [0.15, 0.2) is 78.9 Å². The highest BCUT2D eigenvalue weighted by Crippen LogP contribution is 2.22. The predicted molar refractivity (Wildman–Crippen MR) is 91.5 cm³/mol. The number of benzene rings is 3. The molecular formula is C20H19NO. The van der Waals surface area contributed by atoms with E-state index in [-0.39, 0.29) is 0 Å². The van der Waals surface area contributed by atoms with Crippen LogP contribution < -0.4 is 10.1 Å². The number of nitrogens with one attached hydrogen (secondary N) is 1. The summed E-state index contributed by atoms with van der Waals surface area (Å²) in [6.07, 6.45) is 0. The van der Waals surface area contributed by atoms with E-state index in [1.165, 1.54) is 11.1 Å². The lowest BCUT2D eigenvalue weighted by Gasteiger charge is -2.09. The van der Waals surface area contributed by atoms with Gasteiger partial charge in [-0.3, -0.25) is 0 Å². The Kier molecular flexibility index (Phi) is 4.40. The van der Waals surface area contributed by atoms with Gasteiger partial charge >= 0.3 is 0 Å². The van der Waals surface area contributed by atoms with Crippen LogP contribution in [0.5, 0.6) is 11.5 Å². The molecule has 110 valence electrons. The number of aryl methyl sites for hydroxylation is 1. The normalized spacial score (nSPS) is 10.2. The van der Waals surface area contributed by atoms with Gasteiger partial charge in [-0.25, -0.2) is 0 Å². The highest BCUT2D eigenvalue weighted by Gasteiger charge is 1.98. The third kappa shape index (κ3) is 3.89. The highest BCUT2D eigenvalue weighted by atomic mass is 16.5. The molecule has 0 radical (unpaired) electrons. The molecule has 0 saturated heterocycles. The van der Waals surface area contributed by atoms with Crippen LogP contribution in [0.25, 0.3) is 0 Å². The van der Waals surface area contributed by atoms with Crippen molar-refractivity contribution in [2.24, 2.45) is 0 Å². The zero-order valence-corrected chi connectivity index (χ0v) is 12.6. The summed E-state index contributed by atoms with van der Waals surface area (Å²) < 4.78 is 5.78. The van der Waals surface area contributed by atoms with Crippen LogP contribution in [-0.2, 0) is 6.54 Å². The highest BCUT2D eigenvalue weighted by molar-refractivity contribution is 5.47. The molecule has 0 bridgehead atoms. The van der Waals surface area contributed by atoms with E-state index in [4.69, 9.17) is 4.74 Å². The molecule has 0 amide bonds. The van der Waals surface area contributed by atoms with Gasteiger partial charge in [-0.1, -0.05) is 48.0 Å². The summed E-state index contributed by atoms with van der Waals surface area (Å²) in [6, 6.07) is 26.4. The first-order valence-electron chi connectivity index (χ1n) is 7.42. The molecule has 0 unspecified atom stereocenters. The Bertz CT molecular complexity index is 703. The molecule has 0 saturated carbocycles. The fraction of sp³-hybridized carbons (Fsp3) is 0.100. The topological polar surface area (TPSA) is 21.3 Å². The molecule has 0 aliphatic rings. The molecule has 3 aromatic rings. The smallest absolute Gasteiger partial charge is 0.127 e. The Balaban J connectivity index is 1.58. The van der Waals surface area contributed by atoms with Crippen LogP contribution in [0.3, 0.4) is 0 Å². The van der Waals surface area contributed by atoms with Gasteiger partial charge in [0.25, 0.3) is 0 Å². The van der Waals surface area contributed by atoms with Crippen LogP contribution in [-0.4, -0.2) is 0 Å². The zero-order valence-electron chi connectivity index (χ0n) is 12.6. The van der Waals surface area contributed by atoms with Crippen LogP contribution >= 0.6 is 0 Å². The van der Waals surface area contributed by atoms with E-state index < -0.39 is 0 Å². The second-order valence-corrected chi connectivity index (χ2v) is 5.28. The maximum Gasteiger partial charge on any atom is 0.127 e. The number of para-hydroxylation sites is 1. The lowest BCUT2D eigenvalue weighted by atomic mass is 10.1. The SMILES string of the molecule is Cc1ccc(CNc2ccc(Oc3ccccc3)cc2)cc1. The summed E-state index contributed by atoms with van der Waals surface area (Å²) in [5, 5.41) is 3.42.